The molecule has 0 atom stereocenters. The smallest absolute Gasteiger partial charge is 0.295 e. The van der Waals surface area contributed by atoms with Crippen molar-refractivity contribution < 1.29 is 18.8 Å². The van der Waals surface area contributed by atoms with Crippen molar-refractivity contribution in [3.8, 4) is 23.0 Å². The first-order chi connectivity index (χ1) is 14.6. The summed E-state index contributed by atoms with van der Waals surface area (Å²) in [5.74, 6) is 1.44. The van der Waals surface area contributed by atoms with Gasteiger partial charge < -0.3 is 23.8 Å². The summed E-state index contributed by atoms with van der Waals surface area (Å²) in [5.41, 5.74) is 4.47. The highest BCUT2D eigenvalue weighted by Gasteiger charge is 2.27. The van der Waals surface area contributed by atoms with Crippen molar-refractivity contribution in [3.05, 3.63) is 53.3 Å². The first-order valence-electron chi connectivity index (χ1n) is 9.94. The molecule has 0 bridgehead atoms. The third-order valence-electron chi connectivity index (χ3n) is 5.72. The van der Waals surface area contributed by atoms with Crippen LogP contribution < -0.4 is 14.4 Å². The Balaban J connectivity index is 1.27. The molecule has 0 N–H and O–H groups in total. The monoisotopic (exact) mass is 406 g/mol. The molecule has 2 aromatic carbocycles. The molecule has 1 saturated heterocycles. The fraction of sp³-hybridized carbons (Fsp3) is 0.318. The lowest BCUT2D eigenvalue weighted by Crippen LogP contribution is -2.49. The number of piperazine rings is 1. The Morgan fingerprint density at radius 1 is 1.00 bits per heavy atom. The van der Waals surface area contributed by atoms with E-state index in [9.17, 15) is 4.79 Å². The number of benzene rings is 2. The molecule has 2 aliphatic heterocycles. The molecule has 8 heteroatoms. The average Bonchev–Trinajstić information content (AvgIpc) is 3.44. The molecule has 2 aliphatic rings. The molecule has 5 rings (SSSR count). The van der Waals surface area contributed by atoms with E-state index < -0.39 is 0 Å². The van der Waals surface area contributed by atoms with Gasteiger partial charge in [0.25, 0.3) is 17.6 Å². The summed E-state index contributed by atoms with van der Waals surface area (Å²) in [6, 6.07) is 11.7. The molecule has 3 aromatic rings. The van der Waals surface area contributed by atoms with Crippen LogP contribution in [-0.2, 0) is 0 Å². The maximum atomic E-state index is 12.9. The fourth-order valence-corrected chi connectivity index (χ4v) is 3.83. The lowest BCUT2D eigenvalue weighted by molar-refractivity contribution is 0.0731. The van der Waals surface area contributed by atoms with E-state index in [0.29, 0.717) is 30.2 Å². The Hall–Kier alpha value is -3.55. The van der Waals surface area contributed by atoms with Crippen molar-refractivity contribution in [2.75, 3.05) is 37.9 Å². The molecule has 0 unspecified atom stereocenters. The summed E-state index contributed by atoms with van der Waals surface area (Å²) in [6.07, 6.45) is 0. The van der Waals surface area contributed by atoms with Crippen LogP contribution in [0.25, 0.3) is 11.5 Å². The number of carbonyl (C=O) groups excluding carboxylic acids is 1. The van der Waals surface area contributed by atoms with Crippen molar-refractivity contribution in [3.63, 3.8) is 0 Å². The standard InChI is InChI=1S/C22H22N4O4/c1-14-4-3-5-17(15(14)2)25-8-10-26(11-9-25)22(27)20-23-21(30-24-20)16-6-7-18-19(12-16)29-13-28-18/h3-7,12H,8-11,13H2,1-2H3. The third-order valence-corrected chi connectivity index (χ3v) is 5.72. The van der Waals surface area contributed by atoms with Gasteiger partial charge in [0.05, 0.1) is 0 Å². The number of carbonyl (C=O) groups is 1. The SMILES string of the molecule is Cc1cccc(N2CCN(C(=O)c3noc(-c4ccc5c(c4)OCO5)n3)CC2)c1C. The van der Waals surface area contributed by atoms with E-state index in [4.69, 9.17) is 14.0 Å². The summed E-state index contributed by atoms with van der Waals surface area (Å²) in [6.45, 7) is 7.21. The molecule has 1 aromatic heterocycles. The fourth-order valence-electron chi connectivity index (χ4n) is 3.83. The number of hydrogen-bond donors (Lipinski definition) is 0. The second kappa shape index (κ2) is 7.37. The predicted octanol–water partition coefficient (Wildman–Crippen LogP) is 3.04. The molecule has 154 valence electrons. The van der Waals surface area contributed by atoms with E-state index >= 15 is 0 Å². The molecular formula is C22H22N4O4. The van der Waals surface area contributed by atoms with Gasteiger partial charge in [0, 0.05) is 37.4 Å². The van der Waals surface area contributed by atoms with E-state index in [1.165, 1.54) is 16.8 Å². The molecule has 0 saturated carbocycles. The van der Waals surface area contributed by atoms with Crippen LogP contribution in [0.1, 0.15) is 21.7 Å². The summed E-state index contributed by atoms with van der Waals surface area (Å²) < 4.78 is 16.0. The van der Waals surface area contributed by atoms with Crippen LogP contribution in [0, 0.1) is 13.8 Å². The topological polar surface area (TPSA) is 80.9 Å². The number of hydrogen-bond acceptors (Lipinski definition) is 7. The molecule has 0 radical (unpaired) electrons. The van der Waals surface area contributed by atoms with Crippen LogP contribution in [0.5, 0.6) is 11.5 Å². The summed E-state index contributed by atoms with van der Waals surface area (Å²) >= 11 is 0. The van der Waals surface area contributed by atoms with Gasteiger partial charge in [0.1, 0.15) is 0 Å². The van der Waals surface area contributed by atoms with E-state index in [1.807, 2.05) is 0 Å². The zero-order valence-corrected chi connectivity index (χ0v) is 16.9. The highest BCUT2D eigenvalue weighted by molar-refractivity contribution is 5.91. The largest absolute Gasteiger partial charge is 0.454 e. The van der Waals surface area contributed by atoms with E-state index in [0.717, 1.165) is 13.1 Å². The zero-order valence-electron chi connectivity index (χ0n) is 16.9. The molecule has 0 spiro atoms. The van der Waals surface area contributed by atoms with Crippen LogP contribution in [0.2, 0.25) is 0 Å². The van der Waals surface area contributed by atoms with Gasteiger partial charge in [-0.3, -0.25) is 4.79 Å². The average molecular weight is 406 g/mol. The van der Waals surface area contributed by atoms with Gasteiger partial charge in [-0.2, -0.15) is 4.98 Å². The minimum atomic E-state index is -0.216. The van der Waals surface area contributed by atoms with Crippen LogP contribution in [0.4, 0.5) is 5.69 Å². The van der Waals surface area contributed by atoms with Gasteiger partial charge in [-0.1, -0.05) is 17.3 Å². The van der Waals surface area contributed by atoms with Gasteiger partial charge >= 0.3 is 0 Å². The van der Waals surface area contributed by atoms with Gasteiger partial charge in [-0.25, -0.2) is 0 Å². The Bertz CT molecular complexity index is 1100. The molecule has 1 amide bonds. The van der Waals surface area contributed by atoms with Gasteiger partial charge in [-0.05, 0) is 49.2 Å². The van der Waals surface area contributed by atoms with Gasteiger partial charge in [0.15, 0.2) is 11.5 Å². The Morgan fingerprint density at radius 3 is 2.63 bits per heavy atom. The maximum Gasteiger partial charge on any atom is 0.295 e. The molecule has 1 fully saturated rings. The molecular weight excluding hydrogens is 384 g/mol. The summed E-state index contributed by atoms with van der Waals surface area (Å²) in [4.78, 5) is 21.3. The number of amides is 1. The molecule has 3 heterocycles. The second-order valence-electron chi connectivity index (χ2n) is 7.49. The second-order valence-corrected chi connectivity index (χ2v) is 7.49. The predicted molar refractivity (Wildman–Crippen MR) is 110 cm³/mol. The van der Waals surface area contributed by atoms with E-state index in [2.05, 4.69) is 47.1 Å². The normalized spacial score (nSPS) is 15.5. The van der Waals surface area contributed by atoms with Crippen molar-refractivity contribution in [1.82, 2.24) is 15.0 Å². The van der Waals surface area contributed by atoms with Crippen molar-refractivity contribution in [2.45, 2.75) is 13.8 Å². The van der Waals surface area contributed by atoms with Crippen LogP contribution in [0.3, 0.4) is 0 Å². The first kappa shape index (κ1) is 18.5. The van der Waals surface area contributed by atoms with Crippen LogP contribution in [0.15, 0.2) is 40.9 Å². The van der Waals surface area contributed by atoms with Crippen LogP contribution >= 0.6 is 0 Å². The zero-order chi connectivity index (χ0) is 20.7. The van der Waals surface area contributed by atoms with Crippen LogP contribution in [-0.4, -0.2) is 53.9 Å². The molecule has 0 aliphatic carbocycles. The highest BCUT2D eigenvalue weighted by Crippen LogP contribution is 2.35. The Morgan fingerprint density at radius 2 is 1.80 bits per heavy atom. The number of anilines is 1. The number of fused-ring (bicyclic) bond motifs is 1. The van der Waals surface area contributed by atoms with Crippen molar-refractivity contribution in [2.24, 2.45) is 0 Å². The summed E-state index contributed by atoms with van der Waals surface area (Å²) in [5, 5.41) is 3.90. The number of aryl methyl sites for hydroxylation is 1. The number of nitrogens with zero attached hydrogens (tertiary/aromatic N) is 4. The minimum Gasteiger partial charge on any atom is -0.454 e. The quantitative estimate of drug-likeness (QED) is 0.661. The van der Waals surface area contributed by atoms with Crippen molar-refractivity contribution >= 4 is 11.6 Å². The lowest BCUT2D eigenvalue weighted by atomic mass is 10.1. The van der Waals surface area contributed by atoms with E-state index in [-0.39, 0.29) is 24.4 Å². The highest BCUT2D eigenvalue weighted by atomic mass is 16.7. The van der Waals surface area contributed by atoms with Gasteiger partial charge in [-0.15, -0.1) is 0 Å². The summed E-state index contributed by atoms with van der Waals surface area (Å²) in [7, 11) is 0. The Labute approximate surface area is 174 Å². The number of ether oxygens (including phenoxy) is 2. The molecule has 30 heavy (non-hydrogen) atoms. The van der Waals surface area contributed by atoms with Crippen molar-refractivity contribution in [1.29, 1.82) is 0 Å². The number of rotatable bonds is 3. The third kappa shape index (κ3) is 3.24. The Kier molecular flexibility index (Phi) is 4.54. The number of aromatic nitrogens is 2. The first-order valence-corrected chi connectivity index (χ1v) is 9.94. The molecule has 8 nitrogen and oxygen atoms in total. The maximum absolute atomic E-state index is 12.9. The minimum absolute atomic E-state index is 0.0721. The van der Waals surface area contributed by atoms with Gasteiger partial charge in [0.2, 0.25) is 6.79 Å². The lowest BCUT2D eigenvalue weighted by Gasteiger charge is -2.36. The van der Waals surface area contributed by atoms with E-state index in [1.54, 1.807) is 23.1 Å².